The van der Waals surface area contributed by atoms with Crippen LogP contribution in [0.5, 0.6) is 5.75 Å². The molecule has 3 aromatic carbocycles. The van der Waals surface area contributed by atoms with Crippen LogP contribution in [-0.4, -0.2) is 5.11 Å². The molecule has 3 aromatic rings. The Labute approximate surface area is 182 Å². The lowest BCUT2D eigenvalue weighted by atomic mass is 9.75. The van der Waals surface area contributed by atoms with E-state index in [0.29, 0.717) is 5.75 Å². The first-order valence-electron chi connectivity index (χ1n) is 11.0. The van der Waals surface area contributed by atoms with Crippen LogP contribution in [0.15, 0.2) is 66.7 Å². The lowest BCUT2D eigenvalue weighted by molar-refractivity contribution is 0.422. The molecular formula is C29H36O. The number of phenolic OH excluding ortho intramolecular Hbond substituents is 1. The average molecular weight is 401 g/mol. The fourth-order valence-corrected chi connectivity index (χ4v) is 4.14. The second kappa shape index (κ2) is 8.30. The largest absolute Gasteiger partial charge is 0.507 e. The van der Waals surface area contributed by atoms with E-state index in [2.05, 4.69) is 115 Å². The molecule has 0 aliphatic heterocycles. The Morgan fingerprint density at radius 2 is 1.13 bits per heavy atom. The number of benzene rings is 3. The Kier molecular flexibility index (Phi) is 6.13. The minimum Gasteiger partial charge on any atom is -0.507 e. The highest BCUT2D eigenvalue weighted by molar-refractivity contribution is 5.54. The van der Waals surface area contributed by atoms with E-state index in [0.717, 1.165) is 17.5 Å². The highest BCUT2D eigenvalue weighted by Gasteiger charge is 2.29. The summed E-state index contributed by atoms with van der Waals surface area (Å²) in [5.41, 5.74) is 6.86. The second-order valence-corrected chi connectivity index (χ2v) is 10.4. The van der Waals surface area contributed by atoms with E-state index >= 15 is 0 Å². The van der Waals surface area contributed by atoms with Crippen LogP contribution >= 0.6 is 0 Å². The van der Waals surface area contributed by atoms with Gasteiger partial charge in [-0.3, -0.25) is 0 Å². The summed E-state index contributed by atoms with van der Waals surface area (Å²) in [6.07, 6.45) is 1.04. The molecule has 0 saturated carbocycles. The Balaban J connectivity index is 2.30. The third-order valence-electron chi connectivity index (χ3n) is 5.94. The molecule has 0 fully saturated rings. The van der Waals surface area contributed by atoms with Gasteiger partial charge in [-0.15, -0.1) is 0 Å². The summed E-state index contributed by atoms with van der Waals surface area (Å²) in [6, 6.07) is 24.1. The van der Waals surface area contributed by atoms with Gasteiger partial charge in [0.15, 0.2) is 0 Å². The van der Waals surface area contributed by atoms with E-state index < -0.39 is 0 Å². The Morgan fingerprint density at radius 1 is 0.667 bits per heavy atom. The molecule has 0 bridgehead atoms. The van der Waals surface area contributed by atoms with Crippen LogP contribution in [0.2, 0.25) is 0 Å². The maximum absolute atomic E-state index is 11.2. The fraction of sp³-hybridized carbons (Fsp3) is 0.379. The molecule has 158 valence electrons. The summed E-state index contributed by atoms with van der Waals surface area (Å²) in [7, 11) is 0. The third-order valence-corrected chi connectivity index (χ3v) is 5.94. The zero-order chi connectivity index (χ0) is 22.1. The van der Waals surface area contributed by atoms with Crippen molar-refractivity contribution in [3.63, 3.8) is 0 Å². The molecule has 0 amide bonds. The van der Waals surface area contributed by atoms with Crippen molar-refractivity contribution in [3.05, 3.63) is 100 Å². The molecule has 1 N–H and O–H groups in total. The van der Waals surface area contributed by atoms with Crippen molar-refractivity contribution < 1.29 is 5.11 Å². The molecule has 1 nitrogen and oxygen atoms in total. The summed E-state index contributed by atoms with van der Waals surface area (Å²) in [5, 5.41) is 11.2. The first-order valence-corrected chi connectivity index (χ1v) is 11.0. The van der Waals surface area contributed by atoms with Gasteiger partial charge in [0.2, 0.25) is 0 Å². The Morgan fingerprint density at radius 3 is 1.57 bits per heavy atom. The van der Waals surface area contributed by atoms with Gasteiger partial charge in [-0.25, -0.2) is 0 Å². The zero-order valence-electron chi connectivity index (χ0n) is 19.6. The van der Waals surface area contributed by atoms with E-state index in [1.54, 1.807) is 0 Å². The molecule has 3 rings (SSSR count). The number of rotatable bonds is 4. The van der Waals surface area contributed by atoms with Crippen LogP contribution in [-0.2, 0) is 17.3 Å². The standard InChI is InChI=1S/C29H36O/c1-8-20-14-16-22(17-15-20)26(21-12-10-9-11-13-21)23-18-24(28(2,3)4)27(30)25(19-23)29(5,6)7/h9-19,26,30H,8H2,1-7H3. The lowest BCUT2D eigenvalue weighted by Gasteiger charge is -2.30. The molecular weight excluding hydrogens is 364 g/mol. The van der Waals surface area contributed by atoms with Crippen molar-refractivity contribution in [1.82, 2.24) is 0 Å². The van der Waals surface area contributed by atoms with Gasteiger partial charge in [0, 0.05) is 5.92 Å². The second-order valence-electron chi connectivity index (χ2n) is 10.4. The lowest BCUT2D eigenvalue weighted by Crippen LogP contribution is -2.19. The number of phenols is 1. The highest BCUT2D eigenvalue weighted by Crippen LogP contribution is 2.43. The van der Waals surface area contributed by atoms with E-state index in [1.165, 1.54) is 22.3 Å². The monoisotopic (exact) mass is 400 g/mol. The number of aromatic hydroxyl groups is 1. The van der Waals surface area contributed by atoms with Crippen molar-refractivity contribution in [3.8, 4) is 5.75 Å². The molecule has 0 radical (unpaired) electrons. The topological polar surface area (TPSA) is 20.2 Å². The van der Waals surface area contributed by atoms with Crippen molar-refractivity contribution in [2.75, 3.05) is 0 Å². The first-order chi connectivity index (χ1) is 14.0. The molecule has 0 spiro atoms. The number of hydrogen-bond acceptors (Lipinski definition) is 1. The van der Waals surface area contributed by atoms with Crippen molar-refractivity contribution >= 4 is 0 Å². The van der Waals surface area contributed by atoms with Crippen molar-refractivity contribution in [1.29, 1.82) is 0 Å². The maximum Gasteiger partial charge on any atom is 0.123 e. The van der Waals surface area contributed by atoms with E-state index in [1.807, 2.05) is 0 Å². The third kappa shape index (κ3) is 4.61. The van der Waals surface area contributed by atoms with Gasteiger partial charge >= 0.3 is 0 Å². The fourth-order valence-electron chi connectivity index (χ4n) is 4.14. The minimum absolute atomic E-state index is 0.125. The number of hydrogen-bond donors (Lipinski definition) is 1. The Hall–Kier alpha value is -2.54. The predicted octanol–water partition coefficient (Wildman–Crippen LogP) is 7.73. The smallest absolute Gasteiger partial charge is 0.123 e. The van der Waals surface area contributed by atoms with E-state index in [4.69, 9.17) is 0 Å². The quantitative estimate of drug-likeness (QED) is 0.444. The maximum atomic E-state index is 11.2. The molecule has 0 aliphatic carbocycles. The molecule has 0 aliphatic rings. The SMILES string of the molecule is CCc1ccc(C(c2ccccc2)c2cc(C(C)(C)C)c(O)c(C(C)(C)C)c2)cc1. The molecule has 1 heteroatoms. The summed E-state index contributed by atoms with van der Waals surface area (Å²) < 4.78 is 0. The van der Waals surface area contributed by atoms with Crippen molar-refractivity contribution in [2.24, 2.45) is 0 Å². The van der Waals surface area contributed by atoms with Crippen LogP contribution in [0.1, 0.15) is 87.8 Å². The predicted molar refractivity (Wildman–Crippen MR) is 129 cm³/mol. The average Bonchev–Trinajstić information content (AvgIpc) is 2.69. The summed E-state index contributed by atoms with van der Waals surface area (Å²) in [6.45, 7) is 15.2. The van der Waals surface area contributed by atoms with Gasteiger partial charge < -0.3 is 5.11 Å². The summed E-state index contributed by atoms with van der Waals surface area (Å²) in [5.74, 6) is 0.562. The van der Waals surface area contributed by atoms with Crippen LogP contribution in [0.3, 0.4) is 0 Å². The molecule has 1 atom stereocenters. The van der Waals surface area contributed by atoms with Gasteiger partial charge in [-0.1, -0.05) is 115 Å². The van der Waals surface area contributed by atoms with Crippen LogP contribution in [0, 0.1) is 0 Å². The van der Waals surface area contributed by atoms with Crippen LogP contribution < -0.4 is 0 Å². The van der Waals surface area contributed by atoms with Gasteiger partial charge in [0.25, 0.3) is 0 Å². The molecule has 1 unspecified atom stereocenters. The highest BCUT2D eigenvalue weighted by atomic mass is 16.3. The van der Waals surface area contributed by atoms with Gasteiger partial charge in [-0.05, 0) is 50.6 Å². The minimum atomic E-state index is -0.145. The van der Waals surface area contributed by atoms with E-state index in [-0.39, 0.29) is 16.7 Å². The van der Waals surface area contributed by atoms with Gasteiger partial charge in [0.1, 0.15) is 5.75 Å². The normalized spacial score (nSPS) is 13.3. The Bertz CT molecular complexity index is 948. The van der Waals surface area contributed by atoms with Crippen molar-refractivity contribution in [2.45, 2.75) is 71.6 Å². The molecule has 0 heterocycles. The molecule has 0 aromatic heterocycles. The van der Waals surface area contributed by atoms with Crippen LogP contribution in [0.25, 0.3) is 0 Å². The number of aryl methyl sites for hydroxylation is 1. The summed E-state index contributed by atoms with van der Waals surface area (Å²) in [4.78, 5) is 0. The summed E-state index contributed by atoms with van der Waals surface area (Å²) >= 11 is 0. The molecule has 0 saturated heterocycles. The van der Waals surface area contributed by atoms with E-state index in [9.17, 15) is 5.11 Å². The zero-order valence-corrected chi connectivity index (χ0v) is 19.6. The first kappa shape index (κ1) is 22.2. The van der Waals surface area contributed by atoms with Crippen LogP contribution in [0.4, 0.5) is 0 Å². The van der Waals surface area contributed by atoms with Gasteiger partial charge in [-0.2, -0.15) is 0 Å². The van der Waals surface area contributed by atoms with Gasteiger partial charge in [0.05, 0.1) is 0 Å². The molecule has 30 heavy (non-hydrogen) atoms.